The first-order chi connectivity index (χ1) is 10.9. The van der Waals surface area contributed by atoms with E-state index in [1.54, 1.807) is 23.7 Å². The fraction of sp³-hybridized carbons (Fsp3) is 0.312. The number of rotatable bonds is 4. The third-order valence-electron chi connectivity index (χ3n) is 3.95. The van der Waals surface area contributed by atoms with Gasteiger partial charge >= 0.3 is 0 Å². The predicted octanol–water partition coefficient (Wildman–Crippen LogP) is 3.53. The molecule has 1 saturated heterocycles. The SMILES string of the molecule is c1cncc(-c2noc(C3CCCN3Cc3cccs3)n2)c1. The van der Waals surface area contributed by atoms with Crippen LogP contribution in [0.4, 0.5) is 0 Å². The number of likely N-dealkylation sites (tertiary alicyclic amines) is 1. The lowest BCUT2D eigenvalue weighted by atomic mass is 10.2. The Bertz CT molecular complexity index is 726. The van der Waals surface area contributed by atoms with Crippen LogP contribution in [-0.2, 0) is 6.54 Å². The number of hydrogen-bond acceptors (Lipinski definition) is 6. The average molecular weight is 312 g/mol. The van der Waals surface area contributed by atoms with Crippen LogP contribution in [0.2, 0.25) is 0 Å². The summed E-state index contributed by atoms with van der Waals surface area (Å²) in [4.78, 5) is 12.5. The molecule has 1 fully saturated rings. The molecule has 1 unspecified atom stereocenters. The molecule has 4 heterocycles. The summed E-state index contributed by atoms with van der Waals surface area (Å²) in [7, 11) is 0. The topological polar surface area (TPSA) is 55.1 Å². The van der Waals surface area contributed by atoms with Crippen molar-refractivity contribution in [2.45, 2.75) is 25.4 Å². The van der Waals surface area contributed by atoms with Gasteiger partial charge in [0, 0.05) is 29.4 Å². The van der Waals surface area contributed by atoms with Crippen LogP contribution in [0.5, 0.6) is 0 Å². The van der Waals surface area contributed by atoms with Crippen LogP contribution in [-0.4, -0.2) is 26.6 Å². The van der Waals surface area contributed by atoms with Crippen molar-refractivity contribution in [3.8, 4) is 11.4 Å². The Morgan fingerprint density at radius 3 is 3.14 bits per heavy atom. The molecule has 6 heteroatoms. The molecular weight excluding hydrogens is 296 g/mol. The van der Waals surface area contributed by atoms with Crippen molar-refractivity contribution >= 4 is 11.3 Å². The molecule has 3 aromatic rings. The van der Waals surface area contributed by atoms with E-state index < -0.39 is 0 Å². The third-order valence-corrected chi connectivity index (χ3v) is 4.81. The molecule has 4 rings (SSSR count). The third kappa shape index (κ3) is 2.67. The Balaban J connectivity index is 1.55. The molecule has 0 bridgehead atoms. The summed E-state index contributed by atoms with van der Waals surface area (Å²) in [5.74, 6) is 1.33. The second-order valence-corrected chi connectivity index (χ2v) is 6.44. The molecule has 0 aromatic carbocycles. The van der Waals surface area contributed by atoms with Gasteiger partial charge in [0.1, 0.15) is 0 Å². The fourth-order valence-corrected chi connectivity index (χ4v) is 3.61. The van der Waals surface area contributed by atoms with E-state index in [-0.39, 0.29) is 6.04 Å². The van der Waals surface area contributed by atoms with Crippen LogP contribution in [0.15, 0.2) is 46.6 Å². The van der Waals surface area contributed by atoms with Crippen molar-refractivity contribution < 1.29 is 4.52 Å². The summed E-state index contributed by atoms with van der Waals surface area (Å²) in [5.41, 5.74) is 0.889. The molecule has 1 aliphatic rings. The smallest absolute Gasteiger partial charge is 0.244 e. The largest absolute Gasteiger partial charge is 0.337 e. The minimum absolute atomic E-state index is 0.222. The van der Waals surface area contributed by atoms with Crippen molar-refractivity contribution in [2.75, 3.05) is 6.54 Å². The van der Waals surface area contributed by atoms with E-state index in [9.17, 15) is 0 Å². The first kappa shape index (κ1) is 13.6. The normalized spacial score (nSPS) is 18.8. The molecule has 22 heavy (non-hydrogen) atoms. The van der Waals surface area contributed by atoms with Crippen molar-refractivity contribution in [1.82, 2.24) is 20.0 Å². The molecule has 5 nitrogen and oxygen atoms in total. The van der Waals surface area contributed by atoms with Gasteiger partial charge in [0.05, 0.1) is 6.04 Å². The van der Waals surface area contributed by atoms with E-state index in [1.165, 1.54) is 11.3 Å². The van der Waals surface area contributed by atoms with Gasteiger partial charge in [-0.3, -0.25) is 9.88 Å². The van der Waals surface area contributed by atoms with Crippen molar-refractivity contribution in [3.63, 3.8) is 0 Å². The highest BCUT2D eigenvalue weighted by atomic mass is 32.1. The van der Waals surface area contributed by atoms with Crippen LogP contribution in [0.25, 0.3) is 11.4 Å². The summed E-state index contributed by atoms with van der Waals surface area (Å²) in [6.07, 6.45) is 5.73. The highest BCUT2D eigenvalue weighted by molar-refractivity contribution is 7.09. The number of aromatic nitrogens is 3. The second-order valence-electron chi connectivity index (χ2n) is 5.41. The Morgan fingerprint density at radius 1 is 1.32 bits per heavy atom. The van der Waals surface area contributed by atoms with E-state index in [1.807, 2.05) is 12.1 Å². The van der Waals surface area contributed by atoms with Crippen LogP contribution >= 0.6 is 11.3 Å². The lowest BCUT2D eigenvalue weighted by Crippen LogP contribution is -2.22. The first-order valence-electron chi connectivity index (χ1n) is 7.40. The monoisotopic (exact) mass is 312 g/mol. The molecular formula is C16H16N4OS. The molecule has 0 N–H and O–H groups in total. The van der Waals surface area contributed by atoms with E-state index >= 15 is 0 Å². The lowest BCUT2D eigenvalue weighted by molar-refractivity contribution is 0.202. The van der Waals surface area contributed by atoms with E-state index in [0.29, 0.717) is 11.7 Å². The molecule has 0 radical (unpaired) electrons. The van der Waals surface area contributed by atoms with Crippen LogP contribution < -0.4 is 0 Å². The second kappa shape index (κ2) is 5.98. The lowest BCUT2D eigenvalue weighted by Gasteiger charge is -2.20. The van der Waals surface area contributed by atoms with Gasteiger partial charge in [-0.1, -0.05) is 11.2 Å². The highest BCUT2D eigenvalue weighted by Gasteiger charge is 2.30. The maximum absolute atomic E-state index is 5.53. The fourth-order valence-electron chi connectivity index (χ4n) is 2.88. The minimum Gasteiger partial charge on any atom is -0.337 e. The standard InChI is InChI=1S/C16H16N4OS/c1-4-12(10-17-7-1)15-18-16(21-19-15)14-6-2-8-20(14)11-13-5-3-9-22-13/h1,3-5,7,9-10,14H,2,6,8,11H2. The highest BCUT2D eigenvalue weighted by Crippen LogP contribution is 2.33. The van der Waals surface area contributed by atoms with E-state index in [4.69, 9.17) is 4.52 Å². The molecule has 1 atom stereocenters. The number of hydrogen-bond donors (Lipinski definition) is 0. The molecule has 112 valence electrons. The summed E-state index contributed by atoms with van der Waals surface area (Å²) in [5, 5.41) is 6.23. The van der Waals surface area contributed by atoms with Gasteiger partial charge in [-0.25, -0.2) is 0 Å². The number of thiophene rings is 1. The summed E-state index contributed by atoms with van der Waals surface area (Å²) in [6, 6.07) is 8.32. The quantitative estimate of drug-likeness (QED) is 0.737. The number of pyridine rings is 1. The van der Waals surface area contributed by atoms with Gasteiger partial charge in [0.15, 0.2) is 0 Å². The van der Waals surface area contributed by atoms with Crippen LogP contribution in [0.3, 0.4) is 0 Å². The van der Waals surface area contributed by atoms with Crippen LogP contribution in [0.1, 0.15) is 29.7 Å². The zero-order chi connectivity index (χ0) is 14.8. The molecule has 0 saturated carbocycles. The van der Waals surface area contributed by atoms with Crippen molar-refractivity contribution in [2.24, 2.45) is 0 Å². The zero-order valence-electron chi connectivity index (χ0n) is 12.1. The molecule has 1 aliphatic heterocycles. The van der Waals surface area contributed by atoms with E-state index in [2.05, 4.69) is 37.5 Å². The zero-order valence-corrected chi connectivity index (χ0v) is 12.9. The summed E-state index contributed by atoms with van der Waals surface area (Å²) in [6.45, 7) is 2.03. The van der Waals surface area contributed by atoms with Crippen molar-refractivity contribution in [3.05, 3.63) is 52.8 Å². The maximum atomic E-state index is 5.53. The first-order valence-corrected chi connectivity index (χ1v) is 8.28. The van der Waals surface area contributed by atoms with Gasteiger partial charge in [0.2, 0.25) is 11.7 Å². The minimum atomic E-state index is 0.222. The number of nitrogens with zero attached hydrogens (tertiary/aromatic N) is 4. The van der Waals surface area contributed by atoms with Gasteiger partial charge in [-0.2, -0.15) is 4.98 Å². The Morgan fingerprint density at radius 2 is 2.32 bits per heavy atom. The van der Waals surface area contributed by atoms with Gasteiger partial charge < -0.3 is 4.52 Å². The van der Waals surface area contributed by atoms with E-state index in [0.717, 1.165) is 25.1 Å². The van der Waals surface area contributed by atoms with Gasteiger partial charge in [0.25, 0.3) is 0 Å². The molecule has 0 spiro atoms. The van der Waals surface area contributed by atoms with Crippen molar-refractivity contribution in [1.29, 1.82) is 0 Å². The van der Waals surface area contributed by atoms with Gasteiger partial charge in [-0.15, -0.1) is 11.3 Å². The van der Waals surface area contributed by atoms with Crippen LogP contribution in [0, 0.1) is 0 Å². The molecule has 0 aliphatic carbocycles. The average Bonchev–Trinajstić information content (AvgIpc) is 3.30. The predicted molar refractivity (Wildman–Crippen MR) is 84.2 cm³/mol. The maximum Gasteiger partial charge on any atom is 0.244 e. The van der Waals surface area contributed by atoms with Gasteiger partial charge in [-0.05, 0) is 43.0 Å². The Kier molecular flexibility index (Phi) is 3.70. The molecule has 0 amide bonds. The summed E-state index contributed by atoms with van der Waals surface area (Å²) >= 11 is 1.79. The summed E-state index contributed by atoms with van der Waals surface area (Å²) < 4.78 is 5.53. The molecule has 3 aromatic heterocycles. The Hall–Kier alpha value is -2.05. The Labute approximate surface area is 132 Å².